The number of ether oxygens (including phenoxy) is 2. The Balaban J connectivity index is 1.87. The molecule has 3 rings (SSSR count). The van der Waals surface area contributed by atoms with Crippen LogP contribution in [0.15, 0.2) is 84.1 Å². The molecule has 3 aromatic rings. The Morgan fingerprint density at radius 2 is 1.71 bits per heavy atom. The first-order chi connectivity index (χ1) is 13.5. The molecule has 0 amide bonds. The normalized spacial score (nSPS) is 11.6. The first kappa shape index (κ1) is 19.7. The number of para-hydroxylation sites is 1. The Kier molecular flexibility index (Phi) is 6.51. The Morgan fingerprint density at radius 3 is 2.46 bits per heavy atom. The minimum Gasteiger partial charge on any atom is -0.463 e. The van der Waals surface area contributed by atoms with Gasteiger partial charge in [-0.15, -0.1) is 0 Å². The van der Waals surface area contributed by atoms with Gasteiger partial charge in [0.15, 0.2) is 0 Å². The van der Waals surface area contributed by atoms with Crippen molar-refractivity contribution in [3.63, 3.8) is 0 Å². The smallest absolute Gasteiger partial charge is 0.222 e. The predicted molar refractivity (Wildman–Crippen MR) is 116 cm³/mol. The molecule has 0 aliphatic carbocycles. The summed E-state index contributed by atoms with van der Waals surface area (Å²) in [6.45, 7) is 6.15. The van der Waals surface area contributed by atoms with E-state index in [9.17, 15) is 0 Å². The van der Waals surface area contributed by atoms with Crippen LogP contribution in [-0.4, -0.2) is 5.90 Å². The van der Waals surface area contributed by atoms with Crippen LogP contribution in [0.25, 0.3) is 0 Å². The van der Waals surface area contributed by atoms with E-state index in [-0.39, 0.29) is 0 Å². The minimum atomic E-state index is 0.418. The number of aliphatic imine (C=N–C) groups is 1. The lowest BCUT2D eigenvalue weighted by atomic mass is 10.1. The molecule has 0 spiro atoms. The molecule has 0 heterocycles. The highest BCUT2D eigenvalue weighted by atomic mass is 35.5. The summed E-state index contributed by atoms with van der Waals surface area (Å²) in [5.41, 5.74) is 4.32. The molecule has 0 unspecified atom stereocenters. The summed E-state index contributed by atoms with van der Waals surface area (Å²) in [5, 5.41) is 0.541. The van der Waals surface area contributed by atoms with E-state index < -0.39 is 0 Å². The highest BCUT2D eigenvalue weighted by molar-refractivity contribution is 6.32. The molecule has 0 radical (unpaired) electrons. The molecule has 0 aliphatic heterocycles. The SMILES string of the molecule is Cc1cccc(OC(C=COc2ccccc2Cl)=Nc2ccc(C)c(C)c2)c1. The molecule has 0 aromatic heterocycles. The van der Waals surface area contributed by atoms with Gasteiger partial charge in [-0.1, -0.05) is 41.9 Å². The van der Waals surface area contributed by atoms with E-state index in [4.69, 9.17) is 21.1 Å². The van der Waals surface area contributed by atoms with Crippen LogP contribution in [0.4, 0.5) is 5.69 Å². The van der Waals surface area contributed by atoms with Crippen molar-refractivity contribution < 1.29 is 9.47 Å². The zero-order valence-electron chi connectivity index (χ0n) is 16.1. The molecule has 3 nitrogen and oxygen atoms in total. The highest BCUT2D eigenvalue weighted by Gasteiger charge is 2.03. The summed E-state index contributed by atoms with van der Waals surface area (Å²) in [6, 6.07) is 21.1. The molecular weight excluding hydrogens is 370 g/mol. The molecule has 3 aromatic carbocycles. The van der Waals surface area contributed by atoms with E-state index in [1.807, 2.05) is 61.5 Å². The van der Waals surface area contributed by atoms with Crippen LogP contribution in [0.3, 0.4) is 0 Å². The summed E-state index contributed by atoms with van der Waals surface area (Å²) in [7, 11) is 0. The molecular formula is C24H22ClNO2. The summed E-state index contributed by atoms with van der Waals surface area (Å²) >= 11 is 6.13. The van der Waals surface area contributed by atoms with Crippen LogP contribution in [0.1, 0.15) is 16.7 Å². The lowest BCUT2D eigenvalue weighted by Crippen LogP contribution is -2.05. The van der Waals surface area contributed by atoms with Crippen molar-refractivity contribution in [1.29, 1.82) is 0 Å². The molecule has 0 saturated carbocycles. The Morgan fingerprint density at radius 1 is 0.893 bits per heavy atom. The first-order valence-electron chi connectivity index (χ1n) is 8.99. The van der Waals surface area contributed by atoms with Crippen LogP contribution >= 0.6 is 11.6 Å². The number of rotatable bonds is 5. The van der Waals surface area contributed by atoms with Crippen LogP contribution in [-0.2, 0) is 0 Å². The van der Waals surface area contributed by atoms with E-state index >= 15 is 0 Å². The molecule has 0 bridgehead atoms. The summed E-state index contributed by atoms with van der Waals surface area (Å²) in [4.78, 5) is 4.63. The van der Waals surface area contributed by atoms with E-state index in [2.05, 4.69) is 18.8 Å². The van der Waals surface area contributed by atoms with E-state index in [0.29, 0.717) is 22.4 Å². The molecule has 0 N–H and O–H groups in total. The van der Waals surface area contributed by atoms with Gasteiger partial charge in [0.2, 0.25) is 5.90 Å². The van der Waals surface area contributed by atoms with Crippen molar-refractivity contribution in [2.45, 2.75) is 20.8 Å². The molecule has 0 fully saturated rings. The lowest BCUT2D eigenvalue weighted by Gasteiger charge is -2.08. The van der Waals surface area contributed by atoms with Crippen molar-refractivity contribution in [2.24, 2.45) is 4.99 Å². The highest BCUT2D eigenvalue weighted by Crippen LogP contribution is 2.23. The minimum absolute atomic E-state index is 0.418. The summed E-state index contributed by atoms with van der Waals surface area (Å²) in [6.07, 6.45) is 3.21. The van der Waals surface area contributed by atoms with Gasteiger partial charge in [-0.05, 0) is 73.9 Å². The largest absolute Gasteiger partial charge is 0.463 e. The predicted octanol–water partition coefficient (Wildman–Crippen LogP) is 6.97. The zero-order valence-corrected chi connectivity index (χ0v) is 16.9. The first-order valence-corrected chi connectivity index (χ1v) is 9.37. The van der Waals surface area contributed by atoms with Gasteiger partial charge >= 0.3 is 0 Å². The Bertz CT molecular complexity index is 1020. The number of benzene rings is 3. The number of hydrogen-bond donors (Lipinski definition) is 0. The molecule has 0 atom stereocenters. The quantitative estimate of drug-likeness (QED) is 0.267. The van der Waals surface area contributed by atoms with Crippen LogP contribution in [0.2, 0.25) is 5.02 Å². The van der Waals surface area contributed by atoms with Gasteiger partial charge in [-0.2, -0.15) is 0 Å². The number of nitrogens with zero attached hydrogens (tertiary/aromatic N) is 1. The molecule has 142 valence electrons. The lowest BCUT2D eigenvalue weighted by molar-refractivity contribution is 0.479. The van der Waals surface area contributed by atoms with Gasteiger partial charge in [-0.25, -0.2) is 4.99 Å². The fourth-order valence-electron chi connectivity index (χ4n) is 2.52. The Hall–Kier alpha value is -3.04. The van der Waals surface area contributed by atoms with Crippen LogP contribution < -0.4 is 9.47 Å². The fraction of sp³-hybridized carbons (Fsp3) is 0.125. The van der Waals surface area contributed by atoms with Crippen molar-refractivity contribution in [3.8, 4) is 11.5 Å². The van der Waals surface area contributed by atoms with E-state index in [1.54, 1.807) is 18.2 Å². The van der Waals surface area contributed by atoms with Crippen LogP contribution in [0.5, 0.6) is 11.5 Å². The second kappa shape index (κ2) is 9.25. The maximum absolute atomic E-state index is 6.13. The fourth-order valence-corrected chi connectivity index (χ4v) is 2.70. The monoisotopic (exact) mass is 391 g/mol. The van der Waals surface area contributed by atoms with Gasteiger partial charge in [0.1, 0.15) is 11.5 Å². The standard InChI is InChI=1S/C24H22ClNO2/c1-17-7-6-8-21(15-17)28-24(26-20-12-11-18(2)19(3)16-20)13-14-27-23-10-5-4-9-22(23)25/h4-16H,1-3H3. The average Bonchev–Trinajstić information content (AvgIpc) is 2.66. The topological polar surface area (TPSA) is 30.8 Å². The maximum Gasteiger partial charge on any atom is 0.222 e. The molecule has 4 heteroatoms. The van der Waals surface area contributed by atoms with Crippen molar-refractivity contribution in [1.82, 2.24) is 0 Å². The zero-order chi connectivity index (χ0) is 19.9. The molecule has 0 aliphatic rings. The second-order valence-electron chi connectivity index (χ2n) is 6.49. The van der Waals surface area contributed by atoms with Gasteiger partial charge in [0.25, 0.3) is 0 Å². The van der Waals surface area contributed by atoms with E-state index in [0.717, 1.165) is 11.3 Å². The number of halogens is 1. The van der Waals surface area contributed by atoms with Crippen molar-refractivity contribution >= 4 is 23.2 Å². The number of hydrogen-bond acceptors (Lipinski definition) is 3. The maximum atomic E-state index is 6.13. The third-order valence-corrected chi connectivity index (χ3v) is 4.50. The van der Waals surface area contributed by atoms with E-state index in [1.165, 1.54) is 17.4 Å². The van der Waals surface area contributed by atoms with Gasteiger partial charge in [-0.3, -0.25) is 0 Å². The number of aryl methyl sites for hydroxylation is 3. The Labute approximate surface area is 170 Å². The summed E-state index contributed by atoms with van der Waals surface area (Å²) in [5.74, 6) is 1.70. The summed E-state index contributed by atoms with van der Waals surface area (Å²) < 4.78 is 11.6. The molecule has 0 saturated heterocycles. The van der Waals surface area contributed by atoms with Crippen LogP contribution in [0, 0.1) is 20.8 Å². The third-order valence-electron chi connectivity index (χ3n) is 4.18. The van der Waals surface area contributed by atoms with Gasteiger partial charge in [0.05, 0.1) is 17.0 Å². The third kappa shape index (κ3) is 5.48. The average molecular weight is 392 g/mol. The van der Waals surface area contributed by atoms with Crippen molar-refractivity contribution in [2.75, 3.05) is 0 Å². The van der Waals surface area contributed by atoms with Crippen molar-refractivity contribution in [3.05, 3.63) is 101 Å². The van der Waals surface area contributed by atoms with Gasteiger partial charge in [0, 0.05) is 6.08 Å². The van der Waals surface area contributed by atoms with Gasteiger partial charge < -0.3 is 9.47 Å². The second-order valence-corrected chi connectivity index (χ2v) is 6.90. The molecule has 28 heavy (non-hydrogen) atoms.